The minimum atomic E-state index is -1.61. The van der Waals surface area contributed by atoms with Gasteiger partial charge in [-0.25, -0.2) is 0 Å². The number of fused-ring (bicyclic) bond motifs is 1. The maximum Gasteiger partial charge on any atom is 0.249 e. The van der Waals surface area contributed by atoms with Crippen LogP contribution in [0.5, 0.6) is 0 Å². The largest absolute Gasteiger partial charge is 0.385 e. The molecule has 6 nitrogen and oxygen atoms in total. The molecule has 0 saturated carbocycles. The van der Waals surface area contributed by atoms with Crippen molar-refractivity contribution in [3.8, 4) is 0 Å². The zero-order valence-corrected chi connectivity index (χ0v) is 8.29. The lowest BCUT2D eigenvalue weighted by Gasteiger charge is -2.14. The number of aliphatic hydroxyl groups excluding tert-OH is 2. The molecule has 84 valence electrons. The normalized spacial score (nSPS) is 14.9. The lowest BCUT2D eigenvalue weighted by molar-refractivity contribution is -0.131. The third-order valence-corrected chi connectivity index (χ3v) is 2.40. The van der Waals surface area contributed by atoms with Gasteiger partial charge in [0.15, 0.2) is 6.10 Å². The first-order valence-corrected chi connectivity index (χ1v) is 4.68. The van der Waals surface area contributed by atoms with Crippen LogP contribution in [-0.2, 0) is 4.79 Å². The molecule has 6 heteroatoms. The summed E-state index contributed by atoms with van der Waals surface area (Å²) in [6.07, 6.45) is -1.34. The average Bonchev–Trinajstić information content (AvgIpc) is 2.73. The summed E-state index contributed by atoms with van der Waals surface area (Å²) < 4.78 is 0. The highest BCUT2D eigenvalue weighted by atomic mass is 16.3. The van der Waals surface area contributed by atoms with Crippen LogP contribution >= 0.6 is 0 Å². The number of hydrogen-bond acceptors (Lipinski definition) is 4. The lowest BCUT2D eigenvalue weighted by atomic mass is 10.0. The Morgan fingerprint density at radius 2 is 2.19 bits per heavy atom. The number of nitrogens with zero attached hydrogens (tertiary/aromatic N) is 1. The molecule has 0 radical (unpaired) electrons. The smallest absolute Gasteiger partial charge is 0.249 e. The van der Waals surface area contributed by atoms with Crippen LogP contribution in [0.2, 0.25) is 0 Å². The molecule has 1 aromatic heterocycles. The van der Waals surface area contributed by atoms with Crippen LogP contribution in [0, 0.1) is 0 Å². The van der Waals surface area contributed by atoms with Crippen LogP contribution < -0.4 is 5.73 Å². The van der Waals surface area contributed by atoms with Crippen molar-refractivity contribution in [2.75, 3.05) is 0 Å². The van der Waals surface area contributed by atoms with E-state index in [-0.39, 0.29) is 0 Å². The number of aliphatic hydroxyl groups is 2. The number of nitrogens with two attached hydrogens (primary N) is 1. The van der Waals surface area contributed by atoms with Crippen molar-refractivity contribution in [2.24, 2.45) is 5.73 Å². The van der Waals surface area contributed by atoms with Crippen molar-refractivity contribution >= 4 is 16.8 Å². The van der Waals surface area contributed by atoms with Crippen molar-refractivity contribution in [3.63, 3.8) is 0 Å². The van der Waals surface area contributed by atoms with Gasteiger partial charge >= 0.3 is 0 Å². The number of primary amides is 1. The van der Waals surface area contributed by atoms with Gasteiger partial charge in [-0.2, -0.15) is 5.10 Å². The molecule has 16 heavy (non-hydrogen) atoms. The van der Waals surface area contributed by atoms with E-state index in [0.717, 1.165) is 10.9 Å². The van der Waals surface area contributed by atoms with Gasteiger partial charge in [-0.1, -0.05) is 6.07 Å². The summed E-state index contributed by atoms with van der Waals surface area (Å²) in [5, 5.41) is 26.4. The van der Waals surface area contributed by atoms with Crippen LogP contribution in [0.15, 0.2) is 24.4 Å². The maximum atomic E-state index is 10.7. The average molecular weight is 221 g/mol. The molecule has 0 bridgehead atoms. The molecule has 2 unspecified atom stereocenters. The van der Waals surface area contributed by atoms with Crippen molar-refractivity contribution in [2.45, 2.75) is 12.2 Å². The monoisotopic (exact) mass is 221 g/mol. The maximum absolute atomic E-state index is 10.7. The van der Waals surface area contributed by atoms with Crippen molar-refractivity contribution in [3.05, 3.63) is 30.0 Å². The summed E-state index contributed by atoms with van der Waals surface area (Å²) in [6.45, 7) is 0. The first-order valence-electron chi connectivity index (χ1n) is 4.68. The molecule has 0 spiro atoms. The molecule has 0 fully saturated rings. The number of hydrogen-bond donors (Lipinski definition) is 4. The van der Waals surface area contributed by atoms with E-state index in [9.17, 15) is 15.0 Å². The minimum Gasteiger partial charge on any atom is -0.385 e. The Morgan fingerprint density at radius 1 is 1.44 bits per heavy atom. The number of aromatic nitrogens is 2. The second-order valence-corrected chi connectivity index (χ2v) is 3.51. The molecular formula is C10H11N3O3. The van der Waals surface area contributed by atoms with Crippen molar-refractivity contribution in [1.82, 2.24) is 10.2 Å². The van der Waals surface area contributed by atoms with Gasteiger partial charge in [0.05, 0.1) is 11.7 Å². The predicted octanol–water partition coefficient (Wildman–Crippen LogP) is -0.558. The van der Waals surface area contributed by atoms with E-state index in [1.165, 1.54) is 0 Å². The molecule has 0 aliphatic carbocycles. The van der Waals surface area contributed by atoms with Crippen LogP contribution in [0.25, 0.3) is 10.9 Å². The predicted molar refractivity (Wildman–Crippen MR) is 56.3 cm³/mol. The van der Waals surface area contributed by atoms with Gasteiger partial charge in [-0.15, -0.1) is 0 Å². The van der Waals surface area contributed by atoms with Crippen LogP contribution in [0.3, 0.4) is 0 Å². The third kappa shape index (κ3) is 1.75. The number of aromatic amines is 1. The van der Waals surface area contributed by atoms with E-state index in [1.54, 1.807) is 24.4 Å². The number of amides is 1. The Labute approximate surface area is 90.7 Å². The highest BCUT2D eigenvalue weighted by molar-refractivity contribution is 5.81. The fraction of sp³-hybridized carbons (Fsp3) is 0.200. The summed E-state index contributed by atoms with van der Waals surface area (Å²) in [5.74, 6) is -0.959. The fourth-order valence-corrected chi connectivity index (χ4v) is 1.48. The van der Waals surface area contributed by atoms with Gasteiger partial charge < -0.3 is 15.9 Å². The SMILES string of the molecule is NC(=O)C(O)C(O)c1ccc2[nH]ncc2c1. The molecule has 2 atom stereocenters. The first-order chi connectivity index (χ1) is 7.59. The Bertz CT molecular complexity index is 523. The van der Waals surface area contributed by atoms with Crippen molar-refractivity contribution in [1.29, 1.82) is 0 Å². The first kappa shape index (κ1) is 10.6. The van der Waals surface area contributed by atoms with Gasteiger partial charge in [0.2, 0.25) is 5.91 Å². The molecule has 2 aromatic rings. The van der Waals surface area contributed by atoms with E-state index in [1.807, 2.05) is 0 Å². The highest BCUT2D eigenvalue weighted by Gasteiger charge is 2.23. The molecular weight excluding hydrogens is 210 g/mol. The molecule has 1 heterocycles. The number of carbonyl (C=O) groups is 1. The topological polar surface area (TPSA) is 112 Å². The Morgan fingerprint density at radius 3 is 2.88 bits per heavy atom. The van der Waals surface area contributed by atoms with Crippen molar-refractivity contribution < 1.29 is 15.0 Å². The van der Waals surface area contributed by atoms with Gasteiger partial charge in [0.25, 0.3) is 0 Å². The Hall–Kier alpha value is -1.92. The Balaban J connectivity index is 2.35. The zero-order valence-electron chi connectivity index (χ0n) is 8.29. The second-order valence-electron chi connectivity index (χ2n) is 3.51. The van der Waals surface area contributed by atoms with Gasteiger partial charge in [-0.3, -0.25) is 9.89 Å². The second kappa shape index (κ2) is 3.92. The molecule has 5 N–H and O–H groups in total. The Kier molecular flexibility index (Phi) is 2.59. The van der Waals surface area contributed by atoms with E-state index in [0.29, 0.717) is 5.56 Å². The molecule has 0 saturated heterocycles. The van der Waals surface area contributed by atoms with Crippen LogP contribution in [-0.4, -0.2) is 32.4 Å². The number of rotatable bonds is 3. The number of benzene rings is 1. The number of H-pyrrole nitrogens is 1. The summed E-state index contributed by atoms with van der Waals surface area (Å²) in [4.78, 5) is 10.7. The van der Waals surface area contributed by atoms with E-state index in [4.69, 9.17) is 5.73 Å². The summed E-state index contributed by atoms with van der Waals surface area (Å²) >= 11 is 0. The van der Waals surface area contributed by atoms with Crippen LogP contribution in [0.4, 0.5) is 0 Å². The third-order valence-electron chi connectivity index (χ3n) is 2.40. The van der Waals surface area contributed by atoms with Gasteiger partial charge in [0, 0.05) is 5.39 Å². The summed E-state index contributed by atoms with van der Waals surface area (Å²) in [6, 6.07) is 4.93. The van der Waals surface area contributed by atoms with E-state index >= 15 is 0 Å². The summed E-state index contributed by atoms with van der Waals surface area (Å²) in [5.41, 5.74) is 6.13. The van der Waals surface area contributed by atoms with Crippen LogP contribution in [0.1, 0.15) is 11.7 Å². The van der Waals surface area contributed by atoms with Gasteiger partial charge in [-0.05, 0) is 17.7 Å². The highest BCUT2D eigenvalue weighted by Crippen LogP contribution is 2.21. The molecule has 1 aromatic carbocycles. The number of carbonyl (C=O) groups excluding carboxylic acids is 1. The zero-order chi connectivity index (χ0) is 11.7. The quantitative estimate of drug-likeness (QED) is 0.556. The molecule has 0 aliphatic heterocycles. The lowest BCUT2D eigenvalue weighted by Crippen LogP contribution is -2.33. The molecule has 1 amide bonds. The molecule has 2 rings (SSSR count). The van der Waals surface area contributed by atoms with E-state index < -0.39 is 18.1 Å². The number of nitrogens with one attached hydrogen (secondary N) is 1. The fourth-order valence-electron chi connectivity index (χ4n) is 1.48. The summed E-state index contributed by atoms with van der Waals surface area (Å²) in [7, 11) is 0. The minimum absolute atomic E-state index is 0.417. The molecule has 0 aliphatic rings. The van der Waals surface area contributed by atoms with E-state index in [2.05, 4.69) is 10.2 Å². The standard InChI is InChI=1S/C10H11N3O3/c11-10(16)9(15)8(14)5-1-2-7-6(3-5)4-12-13-7/h1-4,8-9,14-15H,(H2,11,16)(H,12,13). The van der Waals surface area contributed by atoms with Gasteiger partial charge in [0.1, 0.15) is 6.10 Å².